The van der Waals surface area contributed by atoms with Crippen LogP contribution >= 0.6 is 7.05 Å². The lowest BCUT2D eigenvalue weighted by Gasteiger charge is -2.24. The smallest absolute Gasteiger partial charge is 0.0511 e. The van der Waals surface area contributed by atoms with E-state index in [1.54, 1.807) is 12.2 Å². The van der Waals surface area contributed by atoms with Crippen LogP contribution in [-0.2, 0) is 0 Å². The predicted octanol–water partition coefficient (Wildman–Crippen LogP) is 6.50. The molecule has 0 aliphatic heterocycles. The molecular formula is C21H31N2P. The van der Waals surface area contributed by atoms with Crippen molar-refractivity contribution in [2.24, 2.45) is 0 Å². The van der Waals surface area contributed by atoms with E-state index in [4.69, 9.17) is 0 Å². The second kappa shape index (κ2) is 12.3. The lowest BCUT2D eigenvalue weighted by Crippen LogP contribution is -2.16. The van der Waals surface area contributed by atoms with Gasteiger partial charge >= 0.3 is 0 Å². The molecule has 0 aliphatic rings. The highest BCUT2D eigenvalue weighted by Gasteiger charge is 2.24. The van der Waals surface area contributed by atoms with Gasteiger partial charge in [0.15, 0.2) is 0 Å². The van der Waals surface area contributed by atoms with Gasteiger partial charge in [0.05, 0.1) is 7.05 Å². The molecule has 3 heteroatoms. The van der Waals surface area contributed by atoms with Gasteiger partial charge < -0.3 is 11.3 Å². The van der Waals surface area contributed by atoms with Crippen molar-refractivity contribution >= 4 is 17.7 Å². The molecule has 0 radical (unpaired) electrons. The highest BCUT2D eigenvalue weighted by molar-refractivity contribution is 7.83. The van der Waals surface area contributed by atoms with Gasteiger partial charge in [0.1, 0.15) is 0 Å². The average molecular weight is 342 g/mol. The van der Waals surface area contributed by atoms with Crippen molar-refractivity contribution in [3.05, 3.63) is 97.4 Å². The lowest BCUT2D eigenvalue weighted by molar-refractivity contribution is 1.50. The van der Waals surface area contributed by atoms with E-state index in [-0.39, 0.29) is 13.6 Å². The van der Waals surface area contributed by atoms with Crippen molar-refractivity contribution in [2.45, 2.75) is 21.3 Å². The number of hydrogen-bond acceptors (Lipinski definition) is 2. The van der Waals surface area contributed by atoms with Crippen LogP contribution in [0.2, 0.25) is 0 Å². The molecule has 2 nitrogen and oxygen atoms in total. The molecule has 0 atom stereocenters. The molecule has 4 N–H and O–H groups in total. The van der Waals surface area contributed by atoms with E-state index < -0.39 is 7.05 Å². The average Bonchev–Trinajstić information content (AvgIpc) is 2.62. The molecule has 0 saturated heterocycles. The standard InChI is InChI=1S/C18H18NP.C2H6.CH4.H3N/c1-3-11-16(4-2)20(19,17-12-7-5-8-13-17)18-14-9-6-10-15-18;1-2;;/h3-15,19H,1-2H2;1-2H3;1H4;1H3/b16-11+;;;. The van der Waals surface area contributed by atoms with Crippen LogP contribution in [0.25, 0.3) is 0 Å². The molecule has 2 aromatic rings. The first-order chi connectivity index (χ1) is 10.7. The third-order valence-corrected chi connectivity index (χ3v) is 6.42. The van der Waals surface area contributed by atoms with Crippen LogP contribution in [0, 0.1) is 5.16 Å². The lowest BCUT2D eigenvalue weighted by atomic mass is 10.4. The number of rotatable bonds is 5. The molecule has 0 amide bonds. The Kier molecular flexibility index (Phi) is 12.3. The molecule has 0 saturated carbocycles. The molecule has 0 spiro atoms. The van der Waals surface area contributed by atoms with Crippen LogP contribution in [0.4, 0.5) is 0 Å². The first-order valence-electron chi connectivity index (χ1n) is 7.44. The fourth-order valence-electron chi connectivity index (χ4n) is 2.19. The van der Waals surface area contributed by atoms with Gasteiger partial charge in [0, 0.05) is 0 Å². The van der Waals surface area contributed by atoms with Crippen molar-refractivity contribution in [3.8, 4) is 0 Å². The Morgan fingerprint density at radius 2 is 1.25 bits per heavy atom. The predicted molar refractivity (Wildman–Crippen MR) is 113 cm³/mol. The summed E-state index contributed by atoms with van der Waals surface area (Å²) in [6.45, 7) is 11.6. The summed E-state index contributed by atoms with van der Waals surface area (Å²) in [7, 11) is -2.38. The van der Waals surface area contributed by atoms with Crippen LogP contribution in [0.3, 0.4) is 0 Å². The summed E-state index contributed by atoms with van der Waals surface area (Å²) < 4.78 is 0. The minimum atomic E-state index is -2.38. The highest BCUT2D eigenvalue weighted by Crippen LogP contribution is 2.52. The van der Waals surface area contributed by atoms with Crippen LogP contribution < -0.4 is 16.8 Å². The van der Waals surface area contributed by atoms with Gasteiger partial charge in [-0.05, 0) is 15.9 Å². The van der Waals surface area contributed by atoms with Crippen LogP contribution in [-0.4, -0.2) is 0 Å². The third kappa shape index (κ3) is 5.19. The Labute approximate surface area is 148 Å². The van der Waals surface area contributed by atoms with E-state index in [0.717, 1.165) is 15.9 Å². The Hall–Kier alpha value is -2.15. The first-order valence-corrected chi connectivity index (χ1v) is 9.23. The largest absolute Gasteiger partial charge is 0.344 e. The van der Waals surface area contributed by atoms with Crippen molar-refractivity contribution < 1.29 is 0 Å². The highest BCUT2D eigenvalue weighted by atomic mass is 31.2. The van der Waals surface area contributed by atoms with Crippen molar-refractivity contribution in [1.29, 1.82) is 5.16 Å². The fraction of sp³-hybridized carbons (Fsp3) is 0.143. The second-order valence-corrected chi connectivity index (χ2v) is 7.26. The number of allylic oxidation sites excluding steroid dienone is 4. The van der Waals surface area contributed by atoms with Gasteiger partial charge in [-0.25, -0.2) is 0 Å². The SMILES string of the molecule is C.C=C/C=C(\C=C)P(=N)(c1ccccc1)c1ccccc1.CC.N. The number of benzene rings is 2. The van der Waals surface area contributed by atoms with Gasteiger partial charge in [-0.3, -0.25) is 0 Å². The second-order valence-electron chi connectivity index (χ2n) is 4.37. The molecule has 0 fully saturated rings. The van der Waals surface area contributed by atoms with E-state index in [2.05, 4.69) is 13.2 Å². The van der Waals surface area contributed by atoms with Gasteiger partial charge in [-0.2, -0.15) is 0 Å². The molecule has 2 rings (SSSR count). The maximum atomic E-state index is 9.19. The monoisotopic (exact) mass is 342 g/mol. The van der Waals surface area contributed by atoms with E-state index in [0.29, 0.717) is 0 Å². The summed E-state index contributed by atoms with van der Waals surface area (Å²) in [6.07, 6.45) is 5.41. The molecule has 0 aliphatic carbocycles. The summed E-state index contributed by atoms with van der Waals surface area (Å²) in [5, 5.41) is 12.2. The molecule has 0 unspecified atom stereocenters. The minimum Gasteiger partial charge on any atom is -0.344 e. The molecule has 0 bridgehead atoms. The van der Waals surface area contributed by atoms with E-state index in [9.17, 15) is 5.16 Å². The van der Waals surface area contributed by atoms with Crippen molar-refractivity contribution in [2.75, 3.05) is 0 Å². The zero-order valence-electron chi connectivity index (χ0n) is 14.1. The van der Waals surface area contributed by atoms with Crippen LogP contribution in [0.15, 0.2) is 97.4 Å². The maximum absolute atomic E-state index is 9.19. The summed E-state index contributed by atoms with van der Waals surface area (Å²) in [6, 6.07) is 20.0. The quantitative estimate of drug-likeness (QED) is 0.473. The summed E-state index contributed by atoms with van der Waals surface area (Å²) in [5.74, 6) is 0. The molecular weight excluding hydrogens is 311 g/mol. The molecule has 0 heterocycles. The minimum absolute atomic E-state index is 0. The summed E-state index contributed by atoms with van der Waals surface area (Å²) >= 11 is 0. The summed E-state index contributed by atoms with van der Waals surface area (Å²) in [5.41, 5.74) is 0. The molecule has 130 valence electrons. The Morgan fingerprint density at radius 1 is 0.875 bits per heavy atom. The molecule has 0 aromatic heterocycles. The van der Waals surface area contributed by atoms with Gasteiger partial charge in [0.25, 0.3) is 0 Å². The van der Waals surface area contributed by atoms with Crippen LogP contribution in [0.5, 0.6) is 0 Å². The number of nitrogens with one attached hydrogen (secondary N) is 1. The first kappa shape index (κ1) is 24.1. The number of hydrogen-bond donors (Lipinski definition) is 2. The van der Waals surface area contributed by atoms with Gasteiger partial charge in [0.2, 0.25) is 0 Å². The van der Waals surface area contributed by atoms with E-state index in [1.807, 2.05) is 80.6 Å². The van der Waals surface area contributed by atoms with Crippen molar-refractivity contribution in [1.82, 2.24) is 6.15 Å². The fourth-order valence-corrected chi connectivity index (χ4v) is 4.92. The zero-order valence-corrected chi connectivity index (χ0v) is 15.0. The Bertz CT molecular complexity index is 630. The summed E-state index contributed by atoms with van der Waals surface area (Å²) in [4.78, 5) is 0. The van der Waals surface area contributed by atoms with Gasteiger partial charge in [-0.1, -0.05) is 113 Å². The Morgan fingerprint density at radius 3 is 1.54 bits per heavy atom. The zero-order chi connectivity index (χ0) is 16.4. The van der Waals surface area contributed by atoms with Crippen LogP contribution in [0.1, 0.15) is 21.3 Å². The van der Waals surface area contributed by atoms with E-state index in [1.165, 1.54) is 0 Å². The topological polar surface area (TPSA) is 58.9 Å². The molecule has 24 heavy (non-hydrogen) atoms. The molecule has 2 aromatic carbocycles. The van der Waals surface area contributed by atoms with Crippen molar-refractivity contribution in [3.63, 3.8) is 0 Å². The van der Waals surface area contributed by atoms with E-state index >= 15 is 0 Å². The Balaban J connectivity index is 0. The third-order valence-electron chi connectivity index (χ3n) is 3.17. The van der Waals surface area contributed by atoms with Gasteiger partial charge in [-0.15, -0.1) is 0 Å². The maximum Gasteiger partial charge on any atom is 0.0511 e. The normalized spacial score (nSPS) is 10.2.